The van der Waals surface area contributed by atoms with E-state index in [0.29, 0.717) is 12.3 Å². The van der Waals surface area contributed by atoms with E-state index in [1.165, 1.54) is 10.2 Å². The number of nitrogens with two attached hydrogens (primary N) is 1. The van der Waals surface area contributed by atoms with Gasteiger partial charge in [-0.3, -0.25) is 0 Å². The molecule has 1 heterocycles. The number of rotatable bonds is 5. The van der Waals surface area contributed by atoms with Gasteiger partial charge in [0.05, 0.1) is 6.07 Å². The van der Waals surface area contributed by atoms with Crippen molar-refractivity contribution >= 4 is 0 Å². The van der Waals surface area contributed by atoms with E-state index >= 15 is 0 Å². The molecule has 2 aromatic rings. The molecule has 0 aliphatic heterocycles. The van der Waals surface area contributed by atoms with Crippen molar-refractivity contribution in [1.29, 1.82) is 5.26 Å². The number of hydrogen-bond donors (Lipinski definition) is 1. The van der Waals surface area contributed by atoms with Gasteiger partial charge in [0, 0.05) is 6.54 Å². The Labute approximate surface area is 117 Å². The molecule has 0 atom stereocenters. The van der Waals surface area contributed by atoms with Crippen LogP contribution in [-0.2, 0) is 19.7 Å². The molecule has 0 aliphatic rings. The maximum Gasteiger partial charge on any atom is 0.132 e. The molecule has 0 fully saturated rings. The maximum atomic E-state index is 8.78. The highest BCUT2D eigenvalue weighted by molar-refractivity contribution is 5.38. The zero-order valence-corrected chi connectivity index (χ0v) is 11.6. The topological polar surface area (TPSA) is 89.8 Å². The first-order valence-electron chi connectivity index (χ1n) is 6.34. The molecule has 0 saturated heterocycles. The van der Waals surface area contributed by atoms with Crippen LogP contribution >= 0.6 is 0 Å². The van der Waals surface area contributed by atoms with Crippen LogP contribution < -0.4 is 10.5 Å². The van der Waals surface area contributed by atoms with Crippen molar-refractivity contribution in [2.75, 3.05) is 0 Å². The second-order valence-corrected chi connectivity index (χ2v) is 4.49. The largest absolute Gasteiger partial charge is 0.487 e. The summed E-state index contributed by atoms with van der Waals surface area (Å²) in [6.45, 7) is 4.76. The van der Waals surface area contributed by atoms with Crippen molar-refractivity contribution in [1.82, 2.24) is 15.0 Å². The van der Waals surface area contributed by atoms with Crippen LogP contribution in [0.15, 0.2) is 18.2 Å². The van der Waals surface area contributed by atoms with Gasteiger partial charge in [0.1, 0.15) is 30.3 Å². The summed E-state index contributed by atoms with van der Waals surface area (Å²) in [4.78, 5) is 0. The molecule has 0 unspecified atom stereocenters. The lowest BCUT2D eigenvalue weighted by molar-refractivity contribution is 0.290. The third-order valence-corrected chi connectivity index (χ3v) is 3.25. The van der Waals surface area contributed by atoms with Crippen molar-refractivity contribution in [3.05, 3.63) is 40.7 Å². The molecule has 2 rings (SSSR count). The Kier molecular flexibility index (Phi) is 4.33. The van der Waals surface area contributed by atoms with Crippen LogP contribution in [0.2, 0.25) is 0 Å². The highest BCUT2D eigenvalue weighted by atomic mass is 16.5. The smallest absolute Gasteiger partial charge is 0.132 e. The third kappa shape index (κ3) is 2.78. The predicted octanol–water partition coefficient (Wildman–Crippen LogP) is 1.46. The van der Waals surface area contributed by atoms with E-state index in [-0.39, 0.29) is 13.1 Å². The zero-order valence-electron chi connectivity index (χ0n) is 11.6. The van der Waals surface area contributed by atoms with Crippen LogP contribution in [-0.4, -0.2) is 15.0 Å². The van der Waals surface area contributed by atoms with Crippen molar-refractivity contribution in [2.24, 2.45) is 5.73 Å². The molecule has 1 aromatic heterocycles. The average molecular weight is 271 g/mol. The van der Waals surface area contributed by atoms with Crippen LogP contribution in [0.5, 0.6) is 5.75 Å². The molecule has 0 aliphatic carbocycles. The highest BCUT2D eigenvalue weighted by Gasteiger charge is 2.13. The number of hydrogen-bond acceptors (Lipinski definition) is 5. The van der Waals surface area contributed by atoms with Crippen LogP contribution in [0.4, 0.5) is 0 Å². The van der Waals surface area contributed by atoms with Crippen LogP contribution in [0, 0.1) is 25.2 Å². The molecule has 0 amide bonds. The second-order valence-electron chi connectivity index (χ2n) is 4.49. The Hall–Kier alpha value is -2.39. The lowest BCUT2D eigenvalue weighted by atomic mass is 10.1. The number of benzene rings is 1. The summed E-state index contributed by atoms with van der Waals surface area (Å²) < 4.78 is 7.35. The Bertz CT molecular complexity index is 641. The highest BCUT2D eigenvalue weighted by Crippen LogP contribution is 2.22. The van der Waals surface area contributed by atoms with Gasteiger partial charge in [-0.2, -0.15) is 5.26 Å². The molecule has 6 nitrogen and oxygen atoms in total. The molecule has 20 heavy (non-hydrogen) atoms. The number of ether oxygens (including phenoxy) is 1. The van der Waals surface area contributed by atoms with Crippen molar-refractivity contribution in [3.63, 3.8) is 0 Å². The van der Waals surface area contributed by atoms with Crippen molar-refractivity contribution in [3.8, 4) is 11.8 Å². The normalized spacial score (nSPS) is 10.3. The SMILES string of the molecule is Cc1cccc(OCc2c(CN)nnn2CC#N)c1C. The Morgan fingerprint density at radius 3 is 2.90 bits per heavy atom. The Morgan fingerprint density at radius 2 is 2.20 bits per heavy atom. The first-order chi connectivity index (χ1) is 9.67. The summed E-state index contributed by atoms with van der Waals surface area (Å²) in [7, 11) is 0. The van der Waals surface area contributed by atoms with Gasteiger partial charge in [-0.15, -0.1) is 5.10 Å². The molecular formula is C14H17N5O. The lowest BCUT2D eigenvalue weighted by Crippen LogP contribution is -2.10. The van der Waals surface area contributed by atoms with Gasteiger partial charge in [0.15, 0.2) is 0 Å². The van der Waals surface area contributed by atoms with Crippen LogP contribution in [0.25, 0.3) is 0 Å². The molecule has 0 bridgehead atoms. The fourth-order valence-electron chi connectivity index (χ4n) is 1.91. The van der Waals surface area contributed by atoms with E-state index in [9.17, 15) is 0 Å². The summed E-state index contributed by atoms with van der Waals surface area (Å²) in [6.07, 6.45) is 0. The maximum absolute atomic E-state index is 8.78. The molecule has 1 aromatic carbocycles. The third-order valence-electron chi connectivity index (χ3n) is 3.25. The molecule has 2 N–H and O–H groups in total. The molecule has 0 spiro atoms. The second kappa shape index (κ2) is 6.17. The minimum absolute atomic E-state index is 0.137. The summed E-state index contributed by atoms with van der Waals surface area (Å²) in [6, 6.07) is 7.95. The summed E-state index contributed by atoms with van der Waals surface area (Å²) in [5, 5.41) is 16.7. The molecule has 0 radical (unpaired) electrons. The van der Waals surface area contributed by atoms with Crippen molar-refractivity contribution < 1.29 is 4.74 Å². The van der Waals surface area contributed by atoms with E-state index < -0.39 is 0 Å². The van der Waals surface area contributed by atoms with Crippen LogP contribution in [0.1, 0.15) is 22.5 Å². The average Bonchev–Trinajstić information content (AvgIpc) is 2.83. The quantitative estimate of drug-likeness (QED) is 0.889. The molecule has 104 valence electrons. The van der Waals surface area contributed by atoms with E-state index in [1.54, 1.807) is 0 Å². The van der Waals surface area contributed by atoms with Gasteiger partial charge < -0.3 is 10.5 Å². The number of nitrogens with zero attached hydrogens (tertiary/aromatic N) is 4. The number of aryl methyl sites for hydroxylation is 1. The van der Waals surface area contributed by atoms with Gasteiger partial charge in [-0.25, -0.2) is 4.68 Å². The Morgan fingerprint density at radius 1 is 1.40 bits per heavy atom. The van der Waals surface area contributed by atoms with E-state index in [1.807, 2.05) is 38.1 Å². The summed E-state index contributed by atoms with van der Waals surface area (Å²) >= 11 is 0. The van der Waals surface area contributed by atoms with E-state index in [2.05, 4.69) is 10.3 Å². The monoisotopic (exact) mass is 271 g/mol. The fourth-order valence-corrected chi connectivity index (χ4v) is 1.91. The first kappa shape index (κ1) is 14.0. The number of aromatic nitrogens is 3. The molecule has 6 heteroatoms. The van der Waals surface area contributed by atoms with Crippen molar-refractivity contribution in [2.45, 2.75) is 33.5 Å². The summed E-state index contributed by atoms with van der Waals surface area (Å²) in [5.74, 6) is 0.817. The van der Waals surface area contributed by atoms with Gasteiger partial charge in [0.25, 0.3) is 0 Å². The van der Waals surface area contributed by atoms with Crippen LogP contribution in [0.3, 0.4) is 0 Å². The predicted molar refractivity (Wildman–Crippen MR) is 73.8 cm³/mol. The first-order valence-corrected chi connectivity index (χ1v) is 6.34. The van der Waals surface area contributed by atoms with E-state index in [4.69, 9.17) is 15.7 Å². The lowest BCUT2D eigenvalue weighted by Gasteiger charge is -2.11. The van der Waals surface area contributed by atoms with Gasteiger partial charge in [-0.1, -0.05) is 17.3 Å². The summed E-state index contributed by atoms with van der Waals surface area (Å²) in [5.41, 5.74) is 9.30. The zero-order chi connectivity index (χ0) is 14.5. The van der Waals surface area contributed by atoms with Gasteiger partial charge in [-0.05, 0) is 31.0 Å². The van der Waals surface area contributed by atoms with Gasteiger partial charge >= 0.3 is 0 Å². The molecule has 0 saturated carbocycles. The standard InChI is InChI=1S/C14H17N5O/c1-10-4-3-5-14(11(10)2)20-9-13-12(8-16)17-18-19(13)7-6-15/h3-5H,7-9,16H2,1-2H3. The Balaban J connectivity index is 2.20. The van der Waals surface area contributed by atoms with E-state index in [0.717, 1.165) is 17.0 Å². The van der Waals surface area contributed by atoms with Gasteiger partial charge in [0.2, 0.25) is 0 Å². The fraction of sp³-hybridized carbons (Fsp3) is 0.357. The molecular weight excluding hydrogens is 254 g/mol. The number of nitriles is 1. The minimum atomic E-state index is 0.137. The minimum Gasteiger partial charge on any atom is -0.487 e.